The molecular weight excluding hydrogens is 599 g/mol. The van der Waals surface area contributed by atoms with Crippen LogP contribution in [-0.2, 0) is 26.0 Å². The Morgan fingerprint density at radius 2 is 1.16 bits per heavy atom. The van der Waals surface area contributed by atoms with Gasteiger partial charge in [-0.1, -0.05) is 91.7 Å². The van der Waals surface area contributed by atoms with E-state index in [1.165, 1.54) is 67.6 Å². The smallest absolute Gasteiger partial charge is 0.308 e. The predicted octanol–water partition coefficient (Wildman–Crippen LogP) is 10.4. The summed E-state index contributed by atoms with van der Waals surface area (Å²) in [5.74, 6) is -0.148. The zero-order chi connectivity index (χ0) is 31.0. The Bertz CT molecular complexity index is 1920. The Morgan fingerprint density at radius 3 is 1.64 bits per heavy atom. The second-order valence-electron chi connectivity index (χ2n) is 12.0. The molecule has 0 radical (unpaired) electrons. The molecule has 0 amide bonds. The molecule has 5 heteroatoms. The van der Waals surface area contributed by atoms with E-state index in [0.717, 1.165) is 28.4 Å². The first-order chi connectivity index (χ1) is 20.5. The van der Waals surface area contributed by atoms with Crippen LogP contribution in [0.2, 0.25) is 0 Å². The van der Waals surface area contributed by atoms with E-state index in [9.17, 15) is 4.79 Å². The van der Waals surface area contributed by atoms with Crippen molar-refractivity contribution >= 4 is 50.3 Å². The van der Waals surface area contributed by atoms with Crippen molar-refractivity contribution in [2.24, 2.45) is 15.9 Å². The van der Waals surface area contributed by atoms with Crippen LogP contribution in [0.4, 0.5) is 11.4 Å². The molecule has 0 N–H and O–H groups in total. The number of carbonyl (C=O) groups is 1. The molecule has 5 aromatic rings. The van der Waals surface area contributed by atoms with Gasteiger partial charge < -0.3 is 12.2 Å². The summed E-state index contributed by atoms with van der Waals surface area (Å²) >= 11 is 0. The van der Waals surface area contributed by atoms with Gasteiger partial charge in [-0.15, -0.1) is 0 Å². The molecule has 0 aromatic heterocycles. The summed E-state index contributed by atoms with van der Waals surface area (Å²) in [6, 6.07) is 26.4. The SMILES string of the molecule is COC(=O)C(C)C.Cc1cc(C)c(N=C2C(=Nc3c(C)cc(C)cc3C)c3c4ccccc4cc4cccc2c34)c(C)c1.[CH3-].[Ni]. The van der Waals surface area contributed by atoms with Crippen molar-refractivity contribution in [2.45, 2.75) is 55.4 Å². The van der Waals surface area contributed by atoms with Crippen molar-refractivity contribution in [3.63, 3.8) is 0 Å². The molecule has 5 aromatic carbocycles. The zero-order valence-corrected chi connectivity index (χ0v) is 29.0. The maximum absolute atomic E-state index is 10.3. The van der Waals surface area contributed by atoms with E-state index in [4.69, 9.17) is 9.98 Å². The van der Waals surface area contributed by atoms with Crippen molar-refractivity contribution in [1.82, 2.24) is 0 Å². The summed E-state index contributed by atoms with van der Waals surface area (Å²) in [6.45, 7) is 16.5. The molecule has 6 rings (SSSR count). The number of aliphatic imine (C=N–C) groups is 2. The van der Waals surface area contributed by atoms with Crippen molar-refractivity contribution in [2.75, 3.05) is 7.11 Å². The molecule has 0 heterocycles. The molecule has 1 aliphatic carbocycles. The van der Waals surface area contributed by atoms with Crippen LogP contribution in [-0.4, -0.2) is 24.5 Å². The monoisotopic (exact) mass is 641 g/mol. The largest absolute Gasteiger partial charge is 0.469 e. The van der Waals surface area contributed by atoms with Gasteiger partial charge in [0.1, 0.15) is 0 Å². The number of hydrogen-bond acceptors (Lipinski definition) is 4. The summed E-state index contributed by atoms with van der Waals surface area (Å²) < 4.78 is 4.37. The van der Waals surface area contributed by atoms with E-state index < -0.39 is 0 Å². The van der Waals surface area contributed by atoms with Crippen molar-refractivity contribution in [1.29, 1.82) is 0 Å². The van der Waals surface area contributed by atoms with Crippen molar-refractivity contribution in [3.05, 3.63) is 125 Å². The molecule has 0 bridgehead atoms. The first-order valence-corrected chi connectivity index (χ1v) is 14.9. The van der Waals surface area contributed by atoms with Crippen molar-refractivity contribution < 1.29 is 26.0 Å². The molecule has 1 aliphatic rings. The summed E-state index contributed by atoms with van der Waals surface area (Å²) in [5, 5.41) is 4.93. The van der Waals surface area contributed by atoms with Gasteiger partial charge in [0.15, 0.2) is 0 Å². The van der Waals surface area contributed by atoms with E-state index in [0.29, 0.717) is 0 Å². The fourth-order valence-corrected chi connectivity index (χ4v) is 6.19. The predicted molar refractivity (Wildman–Crippen MR) is 188 cm³/mol. The number of ether oxygens (including phenoxy) is 1. The third-order valence-electron chi connectivity index (χ3n) is 7.99. The Kier molecular flexibility index (Phi) is 11.3. The Labute approximate surface area is 278 Å². The number of hydrogen-bond donors (Lipinski definition) is 0. The summed E-state index contributed by atoms with van der Waals surface area (Å²) in [5.41, 5.74) is 13.6. The number of esters is 1. The summed E-state index contributed by atoms with van der Waals surface area (Å²) in [7, 11) is 1.39. The van der Waals surface area contributed by atoms with Gasteiger partial charge in [0.2, 0.25) is 0 Å². The number of aryl methyl sites for hydroxylation is 6. The van der Waals surface area contributed by atoms with Gasteiger partial charge in [-0.2, -0.15) is 0 Å². The molecular formula is C40H43N2NiO2-. The molecule has 0 unspecified atom stereocenters. The minimum Gasteiger partial charge on any atom is -0.469 e. The van der Waals surface area contributed by atoms with Crippen LogP contribution in [0.3, 0.4) is 0 Å². The van der Waals surface area contributed by atoms with Gasteiger partial charge in [-0.25, -0.2) is 9.98 Å². The number of fused-ring (bicyclic) bond motifs is 2. The van der Waals surface area contributed by atoms with Gasteiger partial charge in [0.05, 0.1) is 35.8 Å². The van der Waals surface area contributed by atoms with Crippen LogP contribution in [0.15, 0.2) is 82.8 Å². The Morgan fingerprint density at radius 1 is 0.667 bits per heavy atom. The molecule has 0 aliphatic heterocycles. The maximum atomic E-state index is 10.3. The van der Waals surface area contributed by atoms with E-state index in [1.54, 1.807) is 13.8 Å². The molecule has 236 valence electrons. The first-order valence-electron chi connectivity index (χ1n) is 14.9. The summed E-state index contributed by atoms with van der Waals surface area (Å²) in [4.78, 5) is 21.1. The van der Waals surface area contributed by atoms with Crippen LogP contribution < -0.4 is 0 Å². The third-order valence-corrected chi connectivity index (χ3v) is 7.99. The third kappa shape index (κ3) is 6.95. The van der Waals surface area contributed by atoms with Crippen LogP contribution in [0, 0.1) is 54.9 Å². The maximum Gasteiger partial charge on any atom is 0.308 e. The van der Waals surface area contributed by atoms with Crippen LogP contribution in [0.1, 0.15) is 58.4 Å². The second kappa shape index (κ2) is 14.3. The fourth-order valence-electron chi connectivity index (χ4n) is 6.19. The topological polar surface area (TPSA) is 51.0 Å². The quantitative estimate of drug-likeness (QED) is 0.0851. The molecule has 0 fully saturated rings. The number of benzene rings is 5. The van der Waals surface area contributed by atoms with Gasteiger partial charge >= 0.3 is 5.97 Å². The van der Waals surface area contributed by atoms with Crippen molar-refractivity contribution in [3.8, 4) is 0 Å². The van der Waals surface area contributed by atoms with E-state index in [-0.39, 0.29) is 35.8 Å². The minimum atomic E-state index is -0.153. The number of nitrogens with zero attached hydrogens (tertiary/aromatic N) is 2. The van der Waals surface area contributed by atoms with E-state index in [1.807, 2.05) is 0 Å². The number of methoxy groups -OCH3 is 1. The first kappa shape index (κ1) is 35.4. The van der Waals surface area contributed by atoms with E-state index >= 15 is 0 Å². The molecule has 45 heavy (non-hydrogen) atoms. The minimum absolute atomic E-state index is 0. The molecule has 0 spiro atoms. The molecule has 0 atom stereocenters. The fraction of sp³-hybridized carbons (Fsp3) is 0.250. The summed E-state index contributed by atoms with van der Waals surface area (Å²) in [6.07, 6.45) is 0. The van der Waals surface area contributed by atoms with Gasteiger partial charge in [-0.05, 0) is 86.0 Å². The van der Waals surface area contributed by atoms with Crippen LogP contribution in [0.25, 0.3) is 21.5 Å². The molecule has 4 nitrogen and oxygen atoms in total. The standard InChI is InChI=1S/C34H30N2.C5H10O2.CH3.Ni/c1-19-14-21(3)31(22(4)15-19)35-33-28-13-9-11-26-18-25-10-7-8-12-27(25)30(29(26)28)34(33)36-32-23(5)16-20(2)17-24(32)6;1-4(2)5(6)7-3;;/h7-18H,1-6H3;4H,1-3H3;1H3;/q;;-1;. The normalized spacial score (nSPS) is 13.5. The molecule has 0 saturated heterocycles. The second-order valence-corrected chi connectivity index (χ2v) is 12.0. The number of carbonyl (C=O) groups excluding carboxylic acids is 1. The Balaban J connectivity index is 0.000000554. The van der Waals surface area contributed by atoms with E-state index in [2.05, 4.69) is 119 Å². The Hall–Kier alpha value is -4.08. The number of rotatable bonds is 3. The van der Waals surface area contributed by atoms with Crippen LogP contribution in [0.5, 0.6) is 0 Å². The van der Waals surface area contributed by atoms with Gasteiger partial charge in [-0.3, -0.25) is 4.79 Å². The van der Waals surface area contributed by atoms with Gasteiger partial charge in [0, 0.05) is 33.0 Å². The molecule has 0 saturated carbocycles. The van der Waals surface area contributed by atoms with Crippen LogP contribution >= 0.6 is 0 Å². The average molecular weight is 642 g/mol. The zero-order valence-electron chi connectivity index (χ0n) is 28.0. The van der Waals surface area contributed by atoms with Gasteiger partial charge in [0.25, 0.3) is 0 Å². The average Bonchev–Trinajstić information content (AvgIpc) is 3.26.